The van der Waals surface area contributed by atoms with Crippen LogP contribution in [0.1, 0.15) is 63.8 Å². The molecule has 1 aromatic heterocycles. The number of fused-ring (bicyclic) bond motifs is 1. The topological polar surface area (TPSA) is 73.7 Å². The molecule has 31 heavy (non-hydrogen) atoms. The van der Waals surface area contributed by atoms with Crippen LogP contribution in [0.4, 0.5) is 8.78 Å². The highest BCUT2D eigenvalue weighted by Gasteiger charge is 2.51. The summed E-state index contributed by atoms with van der Waals surface area (Å²) in [6.07, 6.45) is 0.399. The van der Waals surface area contributed by atoms with Crippen LogP contribution < -0.4 is 0 Å². The fourth-order valence-corrected chi connectivity index (χ4v) is 6.14. The fourth-order valence-electron chi connectivity index (χ4n) is 5.50. The summed E-state index contributed by atoms with van der Waals surface area (Å²) >= 11 is 12.6. The first-order chi connectivity index (χ1) is 14.5. The van der Waals surface area contributed by atoms with Gasteiger partial charge < -0.3 is 15.1 Å². The Labute approximate surface area is 191 Å². The number of hydrogen-bond acceptors (Lipinski definition) is 4. The summed E-state index contributed by atoms with van der Waals surface area (Å²) in [5, 5.41) is 20.7. The van der Waals surface area contributed by atoms with Crippen LogP contribution in [0.3, 0.4) is 0 Å². The third kappa shape index (κ3) is 4.70. The van der Waals surface area contributed by atoms with Crippen LogP contribution >= 0.6 is 23.2 Å². The molecule has 1 aliphatic heterocycles. The zero-order valence-electron chi connectivity index (χ0n) is 18.0. The number of aliphatic hydroxyl groups excluding tert-OH is 1. The van der Waals surface area contributed by atoms with Crippen LogP contribution in [-0.4, -0.2) is 50.6 Å². The van der Waals surface area contributed by atoms with E-state index in [1.165, 1.54) is 20.0 Å². The molecule has 3 rings (SSSR count). The Morgan fingerprint density at radius 3 is 2.61 bits per heavy atom. The zero-order chi connectivity index (χ0) is 23.1. The highest BCUT2D eigenvalue weighted by molar-refractivity contribution is 6.36. The smallest absolute Gasteiger partial charge is 0.266 e. The maximum Gasteiger partial charge on any atom is 0.266 e. The van der Waals surface area contributed by atoms with E-state index < -0.39 is 24.0 Å². The Hall–Kier alpha value is -1.02. The molecule has 6 atom stereocenters. The van der Waals surface area contributed by atoms with Gasteiger partial charge in [0.2, 0.25) is 5.91 Å². The van der Waals surface area contributed by atoms with Gasteiger partial charge in [0.15, 0.2) is 0 Å². The second kappa shape index (κ2) is 9.46. The van der Waals surface area contributed by atoms with E-state index in [1.54, 1.807) is 4.90 Å². The van der Waals surface area contributed by atoms with Crippen LogP contribution in [0.25, 0.3) is 0 Å². The normalized spacial score (nSPS) is 29.4. The van der Waals surface area contributed by atoms with E-state index in [0.29, 0.717) is 24.9 Å². The molecule has 0 bridgehead atoms. The van der Waals surface area contributed by atoms with Crippen molar-refractivity contribution in [2.45, 2.75) is 77.0 Å². The third-order valence-electron chi connectivity index (χ3n) is 7.27. The molecular formula is C22H30Cl2F2N2O3. The maximum absolute atomic E-state index is 13.5. The van der Waals surface area contributed by atoms with Crippen LogP contribution in [0, 0.1) is 17.8 Å². The van der Waals surface area contributed by atoms with Gasteiger partial charge in [-0.1, -0.05) is 29.6 Å². The van der Waals surface area contributed by atoms with Crippen LogP contribution in [0.2, 0.25) is 10.0 Å². The van der Waals surface area contributed by atoms with E-state index in [0.717, 1.165) is 12.8 Å². The summed E-state index contributed by atoms with van der Waals surface area (Å²) < 4.78 is 27.0. The number of alkyl halides is 2. The Bertz CT molecular complexity index is 822. The molecular weight excluding hydrogens is 449 g/mol. The van der Waals surface area contributed by atoms with E-state index in [1.807, 2.05) is 6.92 Å². The number of rotatable bonds is 5. The minimum atomic E-state index is -2.80. The minimum absolute atomic E-state index is 0.0280. The van der Waals surface area contributed by atoms with Crippen molar-refractivity contribution in [1.82, 2.24) is 9.88 Å². The van der Waals surface area contributed by atoms with Crippen LogP contribution in [0.15, 0.2) is 6.20 Å². The number of hydrogen-bond donors (Lipinski definition) is 2. The highest BCUT2D eigenvalue weighted by atomic mass is 35.5. The minimum Gasteiger partial charge on any atom is -0.387 e. The van der Waals surface area contributed by atoms with Gasteiger partial charge in [-0.15, -0.1) is 0 Å². The number of amides is 1. The lowest BCUT2D eigenvalue weighted by Gasteiger charge is -2.52. The summed E-state index contributed by atoms with van der Waals surface area (Å²) in [6, 6.07) is -0.141. The Morgan fingerprint density at radius 2 is 2.00 bits per heavy atom. The summed E-state index contributed by atoms with van der Waals surface area (Å²) in [6.45, 7) is 5.15. The Balaban J connectivity index is 1.78. The summed E-state index contributed by atoms with van der Waals surface area (Å²) in [7, 11) is 0. The monoisotopic (exact) mass is 478 g/mol. The Morgan fingerprint density at radius 1 is 1.32 bits per heavy atom. The highest BCUT2D eigenvalue weighted by Crippen LogP contribution is 2.48. The molecule has 9 heteroatoms. The van der Waals surface area contributed by atoms with Crippen molar-refractivity contribution in [3.8, 4) is 0 Å². The molecule has 5 nitrogen and oxygen atoms in total. The number of carbonyl (C=O) groups is 1. The lowest BCUT2D eigenvalue weighted by atomic mass is 9.61. The maximum atomic E-state index is 13.5. The van der Waals surface area contributed by atoms with Crippen LogP contribution in [-0.2, 0) is 11.2 Å². The molecule has 1 amide bonds. The van der Waals surface area contributed by atoms with Crippen molar-refractivity contribution < 1.29 is 23.8 Å². The van der Waals surface area contributed by atoms with Gasteiger partial charge >= 0.3 is 0 Å². The van der Waals surface area contributed by atoms with Gasteiger partial charge in [-0.2, -0.15) is 0 Å². The first kappa shape index (κ1) is 24.6. The molecule has 174 valence electrons. The average Bonchev–Trinajstić information content (AvgIpc) is 2.70. The Kier molecular flexibility index (Phi) is 7.51. The molecule has 1 aromatic rings. The van der Waals surface area contributed by atoms with Gasteiger partial charge in [0, 0.05) is 24.3 Å². The molecule has 1 saturated carbocycles. The molecule has 2 aliphatic rings. The first-order valence-corrected chi connectivity index (χ1v) is 11.5. The molecule has 1 aliphatic carbocycles. The lowest BCUT2D eigenvalue weighted by Crippen LogP contribution is -2.57. The number of pyridine rings is 1. The fraction of sp³-hybridized carbons (Fsp3) is 0.727. The molecule has 0 radical (unpaired) electrons. The average molecular weight is 479 g/mol. The molecule has 0 unspecified atom stereocenters. The van der Waals surface area contributed by atoms with E-state index in [-0.39, 0.29) is 45.9 Å². The van der Waals surface area contributed by atoms with Gasteiger partial charge in [-0.05, 0) is 57.8 Å². The van der Waals surface area contributed by atoms with Crippen molar-refractivity contribution in [2.75, 3.05) is 6.54 Å². The standard InChI is InChI=1S/C22H30Cl2F2N2O3/c1-11-13-5-4-6-16(22(3,31)21(25)26)14(13)7-8-28(11)18(30)9-15-17(23)10-27-20(12(2)29)19(15)24/h10-14,16,21,29,31H,4-9H2,1-3H3/t11-,12-,13+,14+,16+,22-/m0/s1. The molecule has 2 fully saturated rings. The van der Waals surface area contributed by atoms with E-state index in [4.69, 9.17) is 23.2 Å². The summed E-state index contributed by atoms with van der Waals surface area (Å²) in [5.74, 6) is -0.631. The van der Waals surface area contributed by atoms with Gasteiger partial charge in [0.1, 0.15) is 5.60 Å². The number of piperidine rings is 1. The number of likely N-dealkylation sites (tertiary alicyclic amines) is 1. The molecule has 1 saturated heterocycles. The second-order valence-corrected chi connectivity index (χ2v) is 9.93. The zero-order valence-corrected chi connectivity index (χ0v) is 19.5. The quantitative estimate of drug-likeness (QED) is 0.645. The van der Waals surface area contributed by atoms with Gasteiger partial charge in [-0.25, -0.2) is 8.78 Å². The largest absolute Gasteiger partial charge is 0.387 e. The van der Waals surface area contributed by atoms with E-state index >= 15 is 0 Å². The van der Waals surface area contributed by atoms with Crippen molar-refractivity contribution in [3.05, 3.63) is 27.5 Å². The molecule has 0 aromatic carbocycles. The number of aromatic nitrogens is 1. The SMILES string of the molecule is C[C@H](O)c1ncc(Cl)c(CC(=O)N2CC[C@@H]3[C@H](CCC[C@H]3[C@](C)(O)C(F)F)[C@@H]2C)c1Cl. The summed E-state index contributed by atoms with van der Waals surface area (Å²) in [4.78, 5) is 19.0. The molecule has 2 N–H and O–H groups in total. The van der Waals surface area contributed by atoms with Crippen molar-refractivity contribution >= 4 is 29.1 Å². The summed E-state index contributed by atoms with van der Waals surface area (Å²) in [5.41, 5.74) is -1.33. The van der Waals surface area contributed by atoms with Crippen molar-refractivity contribution in [1.29, 1.82) is 0 Å². The van der Waals surface area contributed by atoms with Crippen molar-refractivity contribution in [3.63, 3.8) is 0 Å². The van der Waals surface area contributed by atoms with Crippen LogP contribution in [0.5, 0.6) is 0 Å². The number of carbonyl (C=O) groups excluding carboxylic acids is 1. The first-order valence-electron chi connectivity index (χ1n) is 10.8. The third-order valence-corrected chi connectivity index (χ3v) is 8.01. The second-order valence-electron chi connectivity index (χ2n) is 9.14. The van der Waals surface area contributed by atoms with E-state index in [9.17, 15) is 23.8 Å². The van der Waals surface area contributed by atoms with E-state index in [2.05, 4.69) is 4.98 Å². The van der Waals surface area contributed by atoms with Gasteiger partial charge in [0.25, 0.3) is 6.43 Å². The van der Waals surface area contributed by atoms with Crippen molar-refractivity contribution in [2.24, 2.45) is 17.8 Å². The predicted octanol–water partition coefficient (Wildman–Crippen LogP) is 4.65. The van der Waals surface area contributed by atoms with Gasteiger partial charge in [-0.3, -0.25) is 9.78 Å². The predicted molar refractivity (Wildman–Crippen MR) is 115 cm³/mol. The lowest BCUT2D eigenvalue weighted by molar-refractivity contribution is -0.164. The molecule has 2 heterocycles. The number of halogens is 4. The van der Waals surface area contributed by atoms with Gasteiger partial charge in [0.05, 0.1) is 28.3 Å². The number of aliphatic hydroxyl groups is 2. The number of nitrogens with zero attached hydrogens (tertiary/aromatic N) is 2. The molecule has 0 spiro atoms.